The summed E-state index contributed by atoms with van der Waals surface area (Å²) in [4.78, 5) is 0. The molecular weight excluding hydrogens is 206 g/mol. The molecule has 17 heavy (non-hydrogen) atoms. The Hall–Kier alpha value is -0.820. The summed E-state index contributed by atoms with van der Waals surface area (Å²) in [6, 6.07) is 11.6. The highest BCUT2D eigenvalue weighted by atomic mass is 14.9. The molecule has 1 aromatic carbocycles. The molecule has 2 fully saturated rings. The van der Waals surface area contributed by atoms with Gasteiger partial charge in [0, 0.05) is 6.04 Å². The van der Waals surface area contributed by atoms with Crippen molar-refractivity contribution in [1.29, 1.82) is 0 Å². The van der Waals surface area contributed by atoms with Gasteiger partial charge in [0.05, 0.1) is 0 Å². The van der Waals surface area contributed by atoms with Gasteiger partial charge in [-0.05, 0) is 49.6 Å². The third kappa shape index (κ3) is 2.90. The molecule has 0 amide bonds. The van der Waals surface area contributed by atoms with Gasteiger partial charge < -0.3 is 5.32 Å². The number of hydrogen-bond donors (Lipinski definition) is 1. The van der Waals surface area contributed by atoms with Crippen LogP contribution in [0.1, 0.15) is 50.1 Å². The monoisotopic (exact) mass is 229 g/mol. The molecule has 92 valence electrons. The summed E-state index contributed by atoms with van der Waals surface area (Å²) in [7, 11) is 0. The van der Waals surface area contributed by atoms with Gasteiger partial charge >= 0.3 is 0 Å². The molecule has 1 aromatic rings. The fourth-order valence-electron chi connectivity index (χ4n) is 3.15. The Morgan fingerprint density at radius 1 is 1.00 bits per heavy atom. The molecule has 3 rings (SSSR count). The molecule has 0 aromatic heterocycles. The zero-order chi connectivity index (χ0) is 11.5. The van der Waals surface area contributed by atoms with Crippen molar-refractivity contribution >= 4 is 0 Å². The number of rotatable bonds is 5. The van der Waals surface area contributed by atoms with Crippen molar-refractivity contribution in [3.05, 3.63) is 35.9 Å². The topological polar surface area (TPSA) is 12.0 Å². The molecule has 2 aliphatic carbocycles. The van der Waals surface area contributed by atoms with Crippen molar-refractivity contribution in [2.45, 2.75) is 44.6 Å². The van der Waals surface area contributed by atoms with E-state index in [2.05, 4.69) is 35.6 Å². The lowest BCUT2D eigenvalue weighted by Gasteiger charge is -2.21. The highest BCUT2D eigenvalue weighted by Crippen LogP contribution is 2.41. The van der Waals surface area contributed by atoms with Gasteiger partial charge in [0.15, 0.2) is 0 Å². The van der Waals surface area contributed by atoms with Gasteiger partial charge in [0.25, 0.3) is 0 Å². The highest BCUT2D eigenvalue weighted by Gasteiger charge is 2.32. The average Bonchev–Trinajstić information content (AvgIpc) is 3.07. The molecule has 0 bridgehead atoms. The van der Waals surface area contributed by atoms with Crippen LogP contribution in [-0.2, 0) is 0 Å². The van der Waals surface area contributed by atoms with Crippen LogP contribution in [0.4, 0.5) is 0 Å². The Morgan fingerprint density at radius 2 is 1.71 bits per heavy atom. The largest absolute Gasteiger partial charge is 0.309 e. The third-order valence-electron chi connectivity index (χ3n) is 4.35. The molecule has 0 radical (unpaired) electrons. The SMILES string of the molecule is c1ccc(C(NCC2CCCC2)C2CC2)cc1. The van der Waals surface area contributed by atoms with Gasteiger partial charge in [-0.25, -0.2) is 0 Å². The second-order valence-electron chi connectivity index (χ2n) is 5.78. The predicted octanol–water partition coefficient (Wildman–Crippen LogP) is 3.92. The Kier molecular flexibility index (Phi) is 3.46. The Morgan fingerprint density at radius 3 is 2.35 bits per heavy atom. The fraction of sp³-hybridized carbons (Fsp3) is 0.625. The zero-order valence-corrected chi connectivity index (χ0v) is 10.6. The van der Waals surface area contributed by atoms with Crippen molar-refractivity contribution in [3.8, 4) is 0 Å². The fourth-order valence-corrected chi connectivity index (χ4v) is 3.15. The van der Waals surface area contributed by atoms with E-state index >= 15 is 0 Å². The molecule has 2 aliphatic rings. The summed E-state index contributed by atoms with van der Waals surface area (Å²) >= 11 is 0. The van der Waals surface area contributed by atoms with Gasteiger partial charge in [-0.2, -0.15) is 0 Å². The minimum Gasteiger partial charge on any atom is -0.309 e. The molecule has 1 atom stereocenters. The van der Waals surface area contributed by atoms with E-state index in [4.69, 9.17) is 0 Å². The lowest BCUT2D eigenvalue weighted by Crippen LogP contribution is -2.27. The molecule has 1 N–H and O–H groups in total. The molecule has 2 saturated carbocycles. The van der Waals surface area contributed by atoms with E-state index in [1.54, 1.807) is 0 Å². The standard InChI is InChI=1S/C16H23N/c1-2-8-14(9-3-1)16(15-10-11-15)17-12-13-6-4-5-7-13/h1-3,8-9,13,15-17H,4-7,10-12H2. The highest BCUT2D eigenvalue weighted by molar-refractivity contribution is 5.21. The normalized spacial score (nSPS) is 22.8. The zero-order valence-electron chi connectivity index (χ0n) is 10.6. The molecule has 1 heteroatoms. The van der Waals surface area contributed by atoms with Crippen molar-refractivity contribution < 1.29 is 0 Å². The first kappa shape index (κ1) is 11.3. The van der Waals surface area contributed by atoms with Crippen LogP contribution in [0, 0.1) is 11.8 Å². The third-order valence-corrected chi connectivity index (χ3v) is 4.35. The summed E-state index contributed by atoms with van der Waals surface area (Å²) < 4.78 is 0. The van der Waals surface area contributed by atoms with E-state index in [-0.39, 0.29) is 0 Å². The van der Waals surface area contributed by atoms with Crippen LogP contribution in [0.15, 0.2) is 30.3 Å². The summed E-state index contributed by atoms with van der Waals surface area (Å²) in [5, 5.41) is 3.84. The number of hydrogen-bond acceptors (Lipinski definition) is 1. The lowest BCUT2D eigenvalue weighted by molar-refractivity contribution is 0.412. The van der Waals surface area contributed by atoms with Crippen LogP contribution in [0.2, 0.25) is 0 Å². The minimum absolute atomic E-state index is 0.622. The second-order valence-corrected chi connectivity index (χ2v) is 5.78. The summed E-state index contributed by atoms with van der Waals surface area (Å²) in [6.45, 7) is 1.23. The quantitative estimate of drug-likeness (QED) is 0.807. The first-order valence-corrected chi connectivity index (χ1v) is 7.22. The number of benzene rings is 1. The van der Waals surface area contributed by atoms with Gasteiger partial charge in [-0.1, -0.05) is 43.2 Å². The number of nitrogens with one attached hydrogen (secondary N) is 1. The summed E-state index contributed by atoms with van der Waals surface area (Å²) in [5.74, 6) is 1.85. The molecule has 0 aliphatic heterocycles. The molecule has 0 saturated heterocycles. The maximum atomic E-state index is 3.84. The van der Waals surface area contributed by atoms with Crippen LogP contribution in [0.5, 0.6) is 0 Å². The maximum absolute atomic E-state index is 3.84. The Labute approximate surface area is 105 Å². The molecule has 0 spiro atoms. The van der Waals surface area contributed by atoms with Gasteiger partial charge in [0.2, 0.25) is 0 Å². The van der Waals surface area contributed by atoms with Gasteiger partial charge in [-0.15, -0.1) is 0 Å². The van der Waals surface area contributed by atoms with E-state index in [0.29, 0.717) is 6.04 Å². The van der Waals surface area contributed by atoms with Gasteiger partial charge in [0.1, 0.15) is 0 Å². The molecule has 1 unspecified atom stereocenters. The summed E-state index contributed by atoms with van der Waals surface area (Å²) in [6.07, 6.45) is 8.62. The Balaban J connectivity index is 1.60. The van der Waals surface area contributed by atoms with E-state index in [1.165, 1.54) is 50.6 Å². The van der Waals surface area contributed by atoms with E-state index < -0.39 is 0 Å². The molecular formula is C16H23N. The van der Waals surface area contributed by atoms with E-state index in [0.717, 1.165) is 11.8 Å². The van der Waals surface area contributed by atoms with Crippen molar-refractivity contribution in [1.82, 2.24) is 5.32 Å². The predicted molar refractivity (Wildman–Crippen MR) is 71.9 cm³/mol. The maximum Gasteiger partial charge on any atom is 0.0348 e. The average molecular weight is 229 g/mol. The van der Waals surface area contributed by atoms with Crippen LogP contribution >= 0.6 is 0 Å². The van der Waals surface area contributed by atoms with Crippen LogP contribution in [-0.4, -0.2) is 6.54 Å². The first-order chi connectivity index (χ1) is 8.43. The molecule has 0 heterocycles. The smallest absolute Gasteiger partial charge is 0.0348 e. The van der Waals surface area contributed by atoms with Crippen molar-refractivity contribution in [3.63, 3.8) is 0 Å². The van der Waals surface area contributed by atoms with Crippen LogP contribution < -0.4 is 5.32 Å². The summed E-state index contributed by atoms with van der Waals surface area (Å²) in [5.41, 5.74) is 1.49. The molecule has 1 nitrogen and oxygen atoms in total. The Bertz CT molecular complexity index is 336. The minimum atomic E-state index is 0.622. The van der Waals surface area contributed by atoms with Crippen molar-refractivity contribution in [2.75, 3.05) is 6.54 Å². The lowest BCUT2D eigenvalue weighted by atomic mass is 10.0. The van der Waals surface area contributed by atoms with E-state index in [1.807, 2.05) is 0 Å². The second kappa shape index (κ2) is 5.22. The van der Waals surface area contributed by atoms with Crippen LogP contribution in [0.3, 0.4) is 0 Å². The van der Waals surface area contributed by atoms with Gasteiger partial charge in [-0.3, -0.25) is 0 Å². The van der Waals surface area contributed by atoms with E-state index in [9.17, 15) is 0 Å². The first-order valence-electron chi connectivity index (χ1n) is 7.22. The van der Waals surface area contributed by atoms with Crippen molar-refractivity contribution in [2.24, 2.45) is 11.8 Å². The van der Waals surface area contributed by atoms with Crippen LogP contribution in [0.25, 0.3) is 0 Å².